The number of esters is 1. The number of rotatable bonds is 20. The number of benzene rings is 4. The summed E-state index contributed by atoms with van der Waals surface area (Å²) in [5.41, 5.74) is 6.13. The van der Waals surface area contributed by atoms with Gasteiger partial charge in [-0.05, 0) is 77.9 Å². The average Bonchev–Trinajstić information content (AvgIpc) is 3.83. The molecule has 13 heteroatoms. The van der Waals surface area contributed by atoms with Gasteiger partial charge in [0.2, 0.25) is 0 Å². The van der Waals surface area contributed by atoms with Gasteiger partial charge in [0.15, 0.2) is 0 Å². The van der Waals surface area contributed by atoms with E-state index in [4.69, 9.17) is 14.2 Å². The second kappa shape index (κ2) is 20.0. The van der Waals surface area contributed by atoms with Gasteiger partial charge >= 0.3 is 12.0 Å². The van der Waals surface area contributed by atoms with Crippen molar-refractivity contribution < 1.29 is 23.8 Å². The summed E-state index contributed by atoms with van der Waals surface area (Å²) in [5.74, 6) is -0.367. The number of aromatic nitrogens is 4. The fourth-order valence-corrected chi connectivity index (χ4v) is 9.78. The molecule has 3 atom stereocenters. The number of fused-ring (bicyclic) bond motifs is 2. The fraction of sp³-hybridized carbons (Fsp3) is 0.429. The molecule has 6 aromatic rings. The number of hydrogen-bond donors (Lipinski definition) is 0. The summed E-state index contributed by atoms with van der Waals surface area (Å²) >= 11 is 0. The number of carbonyl (C=O) groups is 2. The second-order valence-electron chi connectivity index (χ2n) is 19.2. The van der Waals surface area contributed by atoms with Crippen molar-refractivity contribution in [1.29, 1.82) is 0 Å². The van der Waals surface area contributed by atoms with Crippen LogP contribution < -0.4 is 0 Å². The molecule has 0 unspecified atom stereocenters. The SMILES string of the molecule is CC(=O)O[C@@H]1[C@@H](CCc2ccccc2)N(Cc2ccc3c(cnn3COCC[Si](C)(C)C)c2)C(=O)N(Cc2ccc3c(cnn3COCC[Si](C)(C)C)c2)[C@@H]1Cc1ccccc1. The van der Waals surface area contributed by atoms with E-state index in [1.54, 1.807) is 0 Å². The Bertz CT molecular complexity index is 2410. The van der Waals surface area contributed by atoms with Gasteiger partial charge in [-0.1, -0.05) is 112 Å². The topological polar surface area (TPSA) is 104 Å². The summed E-state index contributed by atoms with van der Waals surface area (Å²) in [4.78, 5) is 32.4. The van der Waals surface area contributed by atoms with Crippen molar-refractivity contribution in [3.63, 3.8) is 0 Å². The molecule has 62 heavy (non-hydrogen) atoms. The first-order valence-electron chi connectivity index (χ1n) is 22.1. The van der Waals surface area contributed by atoms with Crippen LogP contribution in [-0.4, -0.2) is 88.9 Å². The predicted octanol–water partition coefficient (Wildman–Crippen LogP) is 9.99. The number of aryl methyl sites for hydroxylation is 1. The second-order valence-corrected chi connectivity index (χ2v) is 30.5. The van der Waals surface area contributed by atoms with E-state index in [0.717, 1.165) is 57.0 Å². The predicted molar refractivity (Wildman–Crippen MR) is 252 cm³/mol. The Kier molecular flexibility index (Phi) is 14.5. The summed E-state index contributed by atoms with van der Waals surface area (Å²) in [6.45, 7) is 18.4. The molecular weight excluding hydrogens is 809 g/mol. The molecule has 3 heterocycles. The van der Waals surface area contributed by atoms with E-state index < -0.39 is 34.3 Å². The first-order valence-corrected chi connectivity index (χ1v) is 29.5. The molecule has 1 fully saturated rings. The molecule has 11 nitrogen and oxygen atoms in total. The lowest BCUT2D eigenvalue weighted by molar-refractivity contribution is -0.157. The highest BCUT2D eigenvalue weighted by Crippen LogP contribution is 2.34. The van der Waals surface area contributed by atoms with Crippen molar-refractivity contribution in [2.24, 2.45) is 0 Å². The van der Waals surface area contributed by atoms with Crippen molar-refractivity contribution in [2.45, 2.75) is 122 Å². The largest absolute Gasteiger partial charge is 0.458 e. The summed E-state index contributed by atoms with van der Waals surface area (Å²) in [5, 5.41) is 11.3. The number of hydrogen-bond acceptors (Lipinski definition) is 7. The van der Waals surface area contributed by atoms with Crippen molar-refractivity contribution in [3.05, 3.63) is 132 Å². The van der Waals surface area contributed by atoms with Crippen LogP contribution in [-0.2, 0) is 58.4 Å². The van der Waals surface area contributed by atoms with E-state index >= 15 is 4.79 Å². The van der Waals surface area contributed by atoms with E-state index in [9.17, 15) is 4.79 Å². The summed E-state index contributed by atoms with van der Waals surface area (Å²) < 4.78 is 22.3. The van der Waals surface area contributed by atoms with Crippen molar-refractivity contribution in [3.8, 4) is 0 Å². The minimum atomic E-state index is -1.21. The molecule has 0 spiro atoms. The Hall–Kier alpha value is -5.09. The van der Waals surface area contributed by atoms with Crippen LogP contribution in [0.25, 0.3) is 21.8 Å². The van der Waals surface area contributed by atoms with Crippen LogP contribution in [0.15, 0.2) is 109 Å². The molecular formula is C49H64N6O5Si2. The lowest BCUT2D eigenvalue weighted by Crippen LogP contribution is -2.67. The van der Waals surface area contributed by atoms with Crippen molar-refractivity contribution in [2.75, 3.05) is 13.2 Å². The van der Waals surface area contributed by atoms with Crippen LogP contribution >= 0.6 is 0 Å². The number of amides is 2. The molecule has 0 N–H and O–H groups in total. The van der Waals surface area contributed by atoms with Gasteiger partial charge in [-0.3, -0.25) is 4.79 Å². The van der Waals surface area contributed by atoms with Gasteiger partial charge < -0.3 is 24.0 Å². The maximum atomic E-state index is 15.4. The Morgan fingerprint density at radius 2 is 1.11 bits per heavy atom. The third-order valence-corrected chi connectivity index (χ3v) is 15.2. The highest BCUT2D eigenvalue weighted by atomic mass is 28.3. The molecule has 328 valence electrons. The van der Waals surface area contributed by atoms with Gasteiger partial charge in [0.25, 0.3) is 0 Å². The fourth-order valence-electron chi connectivity index (χ4n) is 8.27. The van der Waals surface area contributed by atoms with Gasteiger partial charge in [-0.25, -0.2) is 14.2 Å². The summed E-state index contributed by atoms with van der Waals surface area (Å²) in [7, 11) is -2.42. The average molecular weight is 873 g/mol. The summed E-state index contributed by atoms with van der Waals surface area (Å²) in [6.07, 6.45) is 5.00. The summed E-state index contributed by atoms with van der Waals surface area (Å²) in [6, 6.07) is 34.3. The number of nitrogens with zero attached hydrogens (tertiary/aromatic N) is 6. The maximum Gasteiger partial charge on any atom is 0.321 e. The minimum Gasteiger partial charge on any atom is -0.458 e. The first kappa shape index (κ1) is 45.0. The minimum absolute atomic E-state index is 0.0921. The quantitative estimate of drug-likeness (QED) is 0.0428. The third kappa shape index (κ3) is 11.9. The van der Waals surface area contributed by atoms with Gasteiger partial charge in [-0.2, -0.15) is 10.2 Å². The van der Waals surface area contributed by atoms with E-state index in [1.807, 2.05) is 68.0 Å². The number of urea groups is 1. The lowest BCUT2D eigenvalue weighted by Gasteiger charge is -2.50. The van der Waals surface area contributed by atoms with Crippen LogP contribution in [0.3, 0.4) is 0 Å². The van der Waals surface area contributed by atoms with Crippen LogP contribution in [0, 0.1) is 0 Å². The molecule has 2 amide bonds. The van der Waals surface area contributed by atoms with Gasteiger partial charge in [0, 0.05) is 60.1 Å². The Balaban J connectivity index is 1.21. The monoisotopic (exact) mass is 872 g/mol. The molecule has 1 aliphatic heterocycles. The van der Waals surface area contributed by atoms with E-state index in [0.29, 0.717) is 52.6 Å². The van der Waals surface area contributed by atoms with Crippen molar-refractivity contribution >= 4 is 50.0 Å². The number of carbonyl (C=O) groups excluding carboxylic acids is 2. The van der Waals surface area contributed by atoms with Crippen LogP contribution in [0.4, 0.5) is 4.79 Å². The Labute approximate surface area is 369 Å². The third-order valence-electron chi connectivity index (χ3n) is 11.8. The molecule has 1 aliphatic rings. The molecule has 0 aliphatic carbocycles. The van der Waals surface area contributed by atoms with Gasteiger partial charge in [0.05, 0.1) is 35.5 Å². The molecule has 0 bridgehead atoms. The van der Waals surface area contributed by atoms with Crippen molar-refractivity contribution in [1.82, 2.24) is 29.4 Å². The van der Waals surface area contributed by atoms with E-state index in [2.05, 4.69) is 110 Å². The zero-order valence-electron chi connectivity index (χ0n) is 37.6. The lowest BCUT2D eigenvalue weighted by atomic mass is 9.87. The molecule has 1 saturated heterocycles. The number of ether oxygens (including phenoxy) is 3. The zero-order valence-corrected chi connectivity index (χ0v) is 39.6. The highest BCUT2D eigenvalue weighted by Gasteiger charge is 2.48. The first-order chi connectivity index (χ1) is 29.7. The Morgan fingerprint density at radius 3 is 1.60 bits per heavy atom. The van der Waals surface area contributed by atoms with Crippen LogP contribution in [0.1, 0.15) is 35.6 Å². The molecule has 4 aromatic carbocycles. The van der Waals surface area contributed by atoms with Gasteiger partial charge in [-0.15, -0.1) is 0 Å². The smallest absolute Gasteiger partial charge is 0.321 e. The highest BCUT2D eigenvalue weighted by molar-refractivity contribution is 6.76. The Morgan fingerprint density at radius 1 is 0.629 bits per heavy atom. The van der Waals surface area contributed by atoms with Gasteiger partial charge in [0.1, 0.15) is 19.6 Å². The van der Waals surface area contributed by atoms with Crippen LogP contribution in [0.5, 0.6) is 0 Å². The standard InChI is InChI=1S/C49H64N6O5Si2/c1-37(56)60-48-46(23-18-38-14-10-8-11-15-38)52(33-40-19-21-44-42(28-40)31-50-54(44)35-58-24-26-61(2,3)4)49(57)53(47(48)30-39-16-12-9-13-17-39)34-41-20-22-45-43(29-41)32-51-55(45)36-59-25-27-62(5,6)7/h8-17,19-22,28-29,31-32,46-48H,18,23-27,30,33-36H2,1-7H3/t46-,47-,48-/m1/s1. The normalized spacial score (nSPS) is 17.3. The van der Waals surface area contributed by atoms with E-state index in [1.165, 1.54) is 12.5 Å². The molecule has 2 aromatic heterocycles. The molecule has 0 radical (unpaired) electrons. The maximum absolute atomic E-state index is 15.4. The van der Waals surface area contributed by atoms with E-state index in [-0.39, 0.29) is 12.0 Å². The van der Waals surface area contributed by atoms with Crippen LogP contribution in [0.2, 0.25) is 51.4 Å². The molecule has 0 saturated carbocycles. The zero-order chi connectivity index (χ0) is 43.9. The molecule has 7 rings (SSSR count).